The molecular weight excluding hydrogens is 581 g/mol. The van der Waals surface area contributed by atoms with Gasteiger partial charge in [-0.05, 0) is 61.2 Å². The Morgan fingerprint density at radius 2 is 1.93 bits per heavy atom. The number of likely N-dealkylation sites (tertiary alicyclic amines) is 1. The first-order valence-corrected chi connectivity index (χ1v) is 15.1. The van der Waals surface area contributed by atoms with Crippen molar-refractivity contribution in [2.75, 3.05) is 18.8 Å². The first-order valence-electron chi connectivity index (χ1n) is 14.2. The van der Waals surface area contributed by atoms with Gasteiger partial charge in [-0.25, -0.2) is 4.39 Å². The van der Waals surface area contributed by atoms with E-state index in [0.29, 0.717) is 64.1 Å². The normalized spacial score (nSPS) is 21.3. The molecule has 4 aromatic rings. The first kappa shape index (κ1) is 29.5. The number of halogens is 1. The zero-order valence-corrected chi connectivity index (χ0v) is 24.9. The zero-order chi connectivity index (χ0) is 31.3. The van der Waals surface area contributed by atoms with Crippen molar-refractivity contribution in [2.24, 2.45) is 11.5 Å². The van der Waals surface area contributed by atoms with E-state index >= 15 is 4.39 Å². The third kappa shape index (κ3) is 4.73. The number of amides is 2. The molecule has 44 heavy (non-hydrogen) atoms. The molecule has 1 aromatic heterocycles. The number of para-hydroxylation sites is 1. The van der Waals surface area contributed by atoms with Crippen LogP contribution in [-0.4, -0.2) is 41.6 Å². The highest BCUT2D eigenvalue weighted by atomic mass is 32.1. The summed E-state index contributed by atoms with van der Waals surface area (Å²) in [5.41, 5.74) is 19.3. The molecule has 2 heterocycles. The fourth-order valence-electron chi connectivity index (χ4n) is 6.38. The number of ether oxygens (including phenoxy) is 1. The maximum atomic E-state index is 16.0. The van der Waals surface area contributed by atoms with Gasteiger partial charge in [0, 0.05) is 47.4 Å². The minimum atomic E-state index is -1.96. The van der Waals surface area contributed by atoms with Gasteiger partial charge in [0.15, 0.2) is 5.78 Å². The molecule has 7 N–H and O–H groups in total. The number of benzene rings is 3. The maximum absolute atomic E-state index is 16.0. The van der Waals surface area contributed by atoms with Crippen LogP contribution in [0.1, 0.15) is 50.8 Å². The fraction of sp³-hybridized carbons (Fsp3) is 0.242. The van der Waals surface area contributed by atoms with Crippen LogP contribution in [0.25, 0.3) is 10.1 Å². The van der Waals surface area contributed by atoms with Crippen LogP contribution in [0.3, 0.4) is 0 Å². The number of nitrogens with zero attached hydrogens (tertiary/aromatic N) is 1. The second-order valence-corrected chi connectivity index (χ2v) is 12.2. The van der Waals surface area contributed by atoms with Gasteiger partial charge in [-0.2, -0.15) is 0 Å². The van der Waals surface area contributed by atoms with Gasteiger partial charge in [0.2, 0.25) is 5.91 Å². The molecule has 1 fully saturated rings. The molecule has 1 aliphatic heterocycles. The highest BCUT2D eigenvalue weighted by Crippen LogP contribution is 2.50. The van der Waals surface area contributed by atoms with E-state index in [1.54, 1.807) is 54.3 Å². The van der Waals surface area contributed by atoms with Crippen molar-refractivity contribution in [1.82, 2.24) is 10.2 Å². The molecule has 0 spiro atoms. The summed E-state index contributed by atoms with van der Waals surface area (Å²) in [6, 6.07) is 13.3. The Balaban J connectivity index is 1.42. The van der Waals surface area contributed by atoms with Crippen LogP contribution in [0.2, 0.25) is 0 Å². The number of thiophene rings is 1. The van der Waals surface area contributed by atoms with Crippen molar-refractivity contribution in [2.45, 2.75) is 37.4 Å². The van der Waals surface area contributed by atoms with Crippen molar-refractivity contribution < 1.29 is 23.5 Å². The van der Waals surface area contributed by atoms with Gasteiger partial charge in [-0.3, -0.25) is 14.4 Å². The second-order valence-electron chi connectivity index (χ2n) is 11.2. The number of hydrogen-bond acceptors (Lipinski definition) is 8. The van der Waals surface area contributed by atoms with Crippen LogP contribution in [0.15, 0.2) is 67.3 Å². The monoisotopic (exact) mass is 613 g/mol. The molecule has 3 aromatic carbocycles. The van der Waals surface area contributed by atoms with E-state index in [-0.39, 0.29) is 28.1 Å². The Hall–Kier alpha value is -4.58. The summed E-state index contributed by atoms with van der Waals surface area (Å²) in [6.45, 7) is 6.12. The van der Waals surface area contributed by atoms with E-state index in [2.05, 4.69) is 11.9 Å². The number of ketones is 1. The molecule has 3 unspecified atom stereocenters. The number of Topliss-reactive ketones (excluding diaryl/α,β-unsaturated/α-hetero) is 1. The van der Waals surface area contributed by atoms with Gasteiger partial charge >= 0.3 is 0 Å². The van der Waals surface area contributed by atoms with E-state index in [0.717, 1.165) is 11.3 Å². The lowest BCUT2D eigenvalue weighted by molar-refractivity contribution is -0.127. The summed E-state index contributed by atoms with van der Waals surface area (Å²) in [4.78, 5) is 41.9. The topological polar surface area (TPSA) is 154 Å². The quantitative estimate of drug-likeness (QED) is 0.186. The molecule has 11 heteroatoms. The molecule has 1 saturated heterocycles. The second kappa shape index (κ2) is 11.2. The van der Waals surface area contributed by atoms with E-state index in [4.69, 9.17) is 21.9 Å². The summed E-state index contributed by atoms with van der Waals surface area (Å²) < 4.78 is 22.4. The van der Waals surface area contributed by atoms with Gasteiger partial charge in [-0.1, -0.05) is 30.8 Å². The standard InChI is InChI=1S/C33H32FN5O4S/c1-3-24(40)39-13-7-8-18(16-39)38-32(42)30-26-25-21(11-12-23(35)29(25)44-30)33(37,31(41)28(26)36)27-17(2)14-20(15-22(27)34)43-19-9-5-4-6-10-19/h3-6,9-12,14-15,18,28H,1,7-8,13,16,35-37H2,2H3,(H,38,42). The van der Waals surface area contributed by atoms with Gasteiger partial charge in [-0.15, -0.1) is 11.3 Å². The lowest BCUT2D eigenvalue weighted by atomic mass is 9.69. The number of carbonyl (C=O) groups excluding carboxylic acids is 3. The van der Waals surface area contributed by atoms with Crippen molar-refractivity contribution in [1.29, 1.82) is 0 Å². The molecule has 3 atom stereocenters. The predicted molar refractivity (Wildman–Crippen MR) is 168 cm³/mol. The number of nitrogens with two attached hydrogens (primary N) is 3. The van der Waals surface area contributed by atoms with Crippen LogP contribution >= 0.6 is 11.3 Å². The number of rotatable bonds is 6. The number of piperidine rings is 1. The SMILES string of the molecule is C=CC(=O)N1CCCC(NC(=O)c2sc3c(N)ccc4c3c2C(N)C(=O)C4(N)c2c(C)cc(Oc3ccccc3)cc2F)C1. The fourth-order valence-corrected chi connectivity index (χ4v) is 7.58. The Bertz CT molecular complexity index is 1820. The number of anilines is 1. The van der Waals surface area contributed by atoms with Crippen LogP contribution in [-0.2, 0) is 15.1 Å². The first-order chi connectivity index (χ1) is 21.0. The number of nitrogens with one attached hydrogen (secondary N) is 1. The summed E-state index contributed by atoms with van der Waals surface area (Å²) in [7, 11) is 0. The van der Waals surface area contributed by atoms with Crippen LogP contribution in [0.4, 0.5) is 10.1 Å². The Labute approximate surface area is 257 Å². The van der Waals surface area contributed by atoms with Gasteiger partial charge in [0.1, 0.15) is 22.9 Å². The van der Waals surface area contributed by atoms with Gasteiger partial charge in [0.05, 0.1) is 15.6 Å². The minimum Gasteiger partial charge on any atom is -0.457 e. The van der Waals surface area contributed by atoms with Crippen LogP contribution in [0.5, 0.6) is 11.5 Å². The summed E-state index contributed by atoms with van der Waals surface area (Å²) >= 11 is 1.12. The number of nitrogen functional groups attached to an aromatic ring is 1. The average Bonchev–Trinajstić information content (AvgIpc) is 3.41. The molecular formula is C33H32FN5O4S. The Kier molecular flexibility index (Phi) is 7.48. The molecule has 0 bridgehead atoms. The molecule has 0 radical (unpaired) electrons. The minimum absolute atomic E-state index is 0.0264. The summed E-state index contributed by atoms with van der Waals surface area (Å²) in [6.07, 6.45) is 2.65. The number of carbonyl (C=O) groups is 3. The third-order valence-corrected chi connectivity index (χ3v) is 9.65. The average molecular weight is 614 g/mol. The van der Waals surface area contributed by atoms with E-state index in [1.807, 2.05) is 6.07 Å². The highest BCUT2D eigenvalue weighted by molar-refractivity contribution is 7.21. The number of aryl methyl sites for hydroxylation is 1. The molecule has 2 amide bonds. The largest absolute Gasteiger partial charge is 0.457 e. The van der Waals surface area contributed by atoms with E-state index in [9.17, 15) is 14.4 Å². The molecule has 2 aliphatic rings. The molecule has 1 aliphatic carbocycles. The highest BCUT2D eigenvalue weighted by Gasteiger charge is 2.50. The van der Waals surface area contributed by atoms with Gasteiger partial charge in [0.25, 0.3) is 5.91 Å². The lowest BCUT2D eigenvalue weighted by Gasteiger charge is -2.37. The van der Waals surface area contributed by atoms with Crippen molar-refractivity contribution >= 4 is 44.7 Å². The van der Waals surface area contributed by atoms with Crippen molar-refractivity contribution in [3.05, 3.63) is 100 Å². The van der Waals surface area contributed by atoms with Crippen molar-refractivity contribution in [3.63, 3.8) is 0 Å². The number of hydrogen-bond donors (Lipinski definition) is 4. The predicted octanol–water partition coefficient (Wildman–Crippen LogP) is 4.41. The van der Waals surface area contributed by atoms with Crippen molar-refractivity contribution in [3.8, 4) is 11.5 Å². The molecule has 226 valence electrons. The Morgan fingerprint density at radius 3 is 2.64 bits per heavy atom. The third-order valence-electron chi connectivity index (χ3n) is 8.40. The Morgan fingerprint density at radius 1 is 1.18 bits per heavy atom. The van der Waals surface area contributed by atoms with E-state index in [1.165, 1.54) is 12.1 Å². The molecule has 6 rings (SSSR count). The molecule has 9 nitrogen and oxygen atoms in total. The van der Waals surface area contributed by atoms with Crippen LogP contribution in [0, 0.1) is 12.7 Å². The van der Waals surface area contributed by atoms with E-state index < -0.39 is 29.1 Å². The zero-order valence-electron chi connectivity index (χ0n) is 24.1. The van der Waals surface area contributed by atoms with Gasteiger partial charge < -0.3 is 32.2 Å². The molecule has 0 saturated carbocycles. The van der Waals surface area contributed by atoms with Crippen LogP contribution < -0.4 is 27.3 Å². The smallest absolute Gasteiger partial charge is 0.262 e. The maximum Gasteiger partial charge on any atom is 0.262 e. The summed E-state index contributed by atoms with van der Waals surface area (Å²) in [5, 5.41) is 3.48. The summed E-state index contributed by atoms with van der Waals surface area (Å²) in [5.74, 6) is -1.23. The lowest BCUT2D eigenvalue weighted by Crippen LogP contribution is -2.53.